The Hall–Kier alpha value is -2.64. The molecule has 0 heterocycles. The largest absolute Gasteiger partial charge is 0.392 e. The van der Waals surface area contributed by atoms with Crippen LogP contribution in [-0.2, 0) is 0 Å². The standard InChI is InChI=1S/C21H18O/c22-16-8-12-18-11-4-5-13-20(18)21-15-7-6-14-19(21)17-9-2-1-3-10-17/h1-15,22H,16H2. The molecule has 0 aromatic heterocycles. The highest BCUT2D eigenvalue weighted by Gasteiger charge is 2.08. The van der Waals surface area contributed by atoms with Gasteiger partial charge in [0.05, 0.1) is 6.61 Å². The normalized spacial score (nSPS) is 11.0. The van der Waals surface area contributed by atoms with Crippen LogP contribution in [0.4, 0.5) is 0 Å². The zero-order valence-corrected chi connectivity index (χ0v) is 12.3. The van der Waals surface area contributed by atoms with E-state index in [1.807, 2.05) is 24.3 Å². The van der Waals surface area contributed by atoms with E-state index >= 15 is 0 Å². The van der Waals surface area contributed by atoms with Crippen LogP contribution < -0.4 is 0 Å². The maximum absolute atomic E-state index is 9.03. The second-order valence-corrected chi connectivity index (χ2v) is 5.08. The van der Waals surface area contributed by atoms with E-state index in [-0.39, 0.29) is 6.61 Å². The first-order valence-electron chi connectivity index (χ1n) is 7.41. The van der Waals surface area contributed by atoms with Gasteiger partial charge in [-0.25, -0.2) is 0 Å². The molecule has 0 saturated carbocycles. The summed E-state index contributed by atoms with van der Waals surface area (Å²) in [4.78, 5) is 0. The van der Waals surface area contributed by atoms with Crippen LogP contribution in [0.3, 0.4) is 0 Å². The van der Waals surface area contributed by atoms with Gasteiger partial charge >= 0.3 is 0 Å². The van der Waals surface area contributed by atoms with E-state index in [0.717, 1.165) is 5.56 Å². The quantitative estimate of drug-likeness (QED) is 0.713. The first kappa shape index (κ1) is 14.3. The molecule has 0 atom stereocenters. The van der Waals surface area contributed by atoms with Gasteiger partial charge in [0.1, 0.15) is 0 Å². The molecule has 0 aliphatic carbocycles. The molecule has 3 aromatic rings. The Morgan fingerprint density at radius 3 is 1.95 bits per heavy atom. The topological polar surface area (TPSA) is 20.2 Å². The van der Waals surface area contributed by atoms with Crippen molar-refractivity contribution >= 4 is 6.08 Å². The third-order valence-corrected chi connectivity index (χ3v) is 3.67. The van der Waals surface area contributed by atoms with Crippen molar-refractivity contribution < 1.29 is 5.11 Å². The van der Waals surface area contributed by atoms with Crippen LogP contribution in [0.2, 0.25) is 0 Å². The fourth-order valence-electron chi connectivity index (χ4n) is 2.65. The van der Waals surface area contributed by atoms with E-state index in [0.29, 0.717) is 0 Å². The minimum absolute atomic E-state index is 0.0503. The summed E-state index contributed by atoms with van der Waals surface area (Å²) in [6.07, 6.45) is 3.74. The molecule has 0 aliphatic rings. The molecular formula is C21H18O. The Morgan fingerprint density at radius 2 is 1.23 bits per heavy atom. The zero-order valence-electron chi connectivity index (χ0n) is 12.3. The third kappa shape index (κ3) is 3.00. The molecule has 0 spiro atoms. The molecule has 1 heteroatoms. The van der Waals surface area contributed by atoms with Gasteiger partial charge in [-0.1, -0.05) is 91.0 Å². The summed E-state index contributed by atoms with van der Waals surface area (Å²) in [7, 11) is 0. The number of benzene rings is 3. The van der Waals surface area contributed by atoms with Crippen molar-refractivity contribution in [1.82, 2.24) is 0 Å². The average Bonchev–Trinajstić information content (AvgIpc) is 2.61. The van der Waals surface area contributed by atoms with Crippen molar-refractivity contribution in [2.75, 3.05) is 6.61 Å². The summed E-state index contributed by atoms with van der Waals surface area (Å²) >= 11 is 0. The lowest BCUT2D eigenvalue weighted by Crippen LogP contribution is -1.88. The number of aliphatic hydroxyl groups is 1. The summed E-state index contributed by atoms with van der Waals surface area (Å²) in [5.41, 5.74) is 5.91. The SMILES string of the molecule is OCC=Cc1ccccc1-c1ccccc1-c1ccccc1. The second-order valence-electron chi connectivity index (χ2n) is 5.08. The van der Waals surface area contributed by atoms with E-state index in [1.54, 1.807) is 6.08 Å². The minimum atomic E-state index is 0.0503. The van der Waals surface area contributed by atoms with Crippen molar-refractivity contribution in [3.63, 3.8) is 0 Å². The molecule has 0 aliphatic heterocycles. The van der Waals surface area contributed by atoms with Crippen LogP contribution >= 0.6 is 0 Å². The molecule has 1 N–H and O–H groups in total. The Labute approximate surface area is 131 Å². The first-order chi connectivity index (χ1) is 10.9. The Kier molecular flexibility index (Phi) is 4.47. The van der Waals surface area contributed by atoms with E-state index in [4.69, 9.17) is 5.11 Å². The Bertz CT molecular complexity index is 773. The minimum Gasteiger partial charge on any atom is -0.392 e. The maximum atomic E-state index is 9.03. The molecule has 0 saturated heterocycles. The van der Waals surface area contributed by atoms with Crippen molar-refractivity contribution in [3.8, 4) is 22.3 Å². The fourth-order valence-corrected chi connectivity index (χ4v) is 2.65. The average molecular weight is 286 g/mol. The van der Waals surface area contributed by atoms with Crippen LogP contribution in [0, 0.1) is 0 Å². The molecule has 22 heavy (non-hydrogen) atoms. The molecule has 108 valence electrons. The Morgan fingerprint density at radius 1 is 0.636 bits per heavy atom. The molecular weight excluding hydrogens is 268 g/mol. The molecule has 0 unspecified atom stereocenters. The second kappa shape index (κ2) is 6.88. The predicted octanol–water partition coefficient (Wildman–Crippen LogP) is 5.03. The summed E-state index contributed by atoms with van der Waals surface area (Å²) < 4.78 is 0. The fraction of sp³-hybridized carbons (Fsp3) is 0.0476. The van der Waals surface area contributed by atoms with E-state index < -0.39 is 0 Å². The van der Waals surface area contributed by atoms with Crippen LogP contribution in [0.1, 0.15) is 5.56 Å². The summed E-state index contributed by atoms with van der Waals surface area (Å²) in [5.74, 6) is 0. The van der Waals surface area contributed by atoms with E-state index in [2.05, 4.69) is 60.7 Å². The van der Waals surface area contributed by atoms with Gasteiger partial charge in [-0.05, 0) is 27.8 Å². The summed E-state index contributed by atoms with van der Waals surface area (Å²) in [5, 5.41) is 9.03. The van der Waals surface area contributed by atoms with Crippen LogP contribution in [0.5, 0.6) is 0 Å². The van der Waals surface area contributed by atoms with Gasteiger partial charge in [0.15, 0.2) is 0 Å². The molecule has 0 radical (unpaired) electrons. The van der Waals surface area contributed by atoms with Crippen LogP contribution in [0.15, 0.2) is 84.9 Å². The van der Waals surface area contributed by atoms with Gasteiger partial charge in [-0.2, -0.15) is 0 Å². The monoisotopic (exact) mass is 286 g/mol. The highest BCUT2D eigenvalue weighted by atomic mass is 16.2. The highest BCUT2D eigenvalue weighted by molar-refractivity contribution is 5.87. The molecule has 0 amide bonds. The molecule has 3 rings (SSSR count). The van der Waals surface area contributed by atoms with Crippen molar-refractivity contribution in [3.05, 3.63) is 90.5 Å². The molecule has 3 aromatic carbocycles. The smallest absolute Gasteiger partial charge is 0.0615 e. The number of hydrogen-bond acceptors (Lipinski definition) is 1. The molecule has 0 fully saturated rings. The highest BCUT2D eigenvalue weighted by Crippen LogP contribution is 2.34. The first-order valence-corrected chi connectivity index (χ1v) is 7.41. The van der Waals surface area contributed by atoms with Gasteiger partial charge < -0.3 is 5.11 Å². The van der Waals surface area contributed by atoms with Gasteiger partial charge in [0.25, 0.3) is 0 Å². The van der Waals surface area contributed by atoms with Crippen molar-refractivity contribution in [2.45, 2.75) is 0 Å². The van der Waals surface area contributed by atoms with E-state index in [1.165, 1.54) is 22.3 Å². The maximum Gasteiger partial charge on any atom is 0.0615 e. The molecule has 1 nitrogen and oxygen atoms in total. The van der Waals surface area contributed by atoms with Gasteiger partial charge in [-0.15, -0.1) is 0 Å². The lowest BCUT2D eigenvalue weighted by Gasteiger charge is -2.12. The van der Waals surface area contributed by atoms with Crippen LogP contribution in [-0.4, -0.2) is 11.7 Å². The molecule has 0 bridgehead atoms. The van der Waals surface area contributed by atoms with Gasteiger partial charge in [-0.3, -0.25) is 0 Å². The predicted molar refractivity (Wildman–Crippen MR) is 93.4 cm³/mol. The zero-order chi connectivity index (χ0) is 15.2. The third-order valence-electron chi connectivity index (χ3n) is 3.67. The number of rotatable bonds is 4. The van der Waals surface area contributed by atoms with Crippen molar-refractivity contribution in [1.29, 1.82) is 0 Å². The Balaban J connectivity index is 2.16. The summed E-state index contributed by atoms with van der Waals surface area (Å²) in [6, 6.07) is 27.1. The van der Waals surface area contributed by atoms with E-state index in [9.17, 15) is 0 Å². The number of hydrogen-bond donors (Lipinski definition) is 1. The lowest BCUT2D eigenvalue weighted by atomic mass is 9.92. The van der Waals surface area contributed by atoms with Gasteiger partial charge in [0.2, 0.25) is 0 Å². The van der Waals surface area contributed by atoms with Gasteiger partial charge in [0, 0.05) is 0 Å². The lowest BCUT2D eigenvalue weighted by molar-refractivity contribution is 0.343. The number of aliphatic hydroxyl groups excluding tert-OH is 1. The van der Waals surface area contributed by atoms with Crippen molar-refractivity contribution in [2.24, 2.45) is 0 Å². The summed E-state index contributed by atoms with van der Waals surface area (Å²) in [6.45, 7) is 0.0503. The van der Waals surface area contributed by atoms with Crippen LogP contribution in [0.25, 0.3) is 28.3 Å².